The van der Waals surface area contributed by atoms with Crippen molar-refractivity contribution in [1.29, 1.82) is 0 Å². The number of rotatable bonds is 4. The van der Waals surface area contributed by atoms with Crippen LogP contribution in [0.1, 0.15) is 0 Å². The van der Waals surface area contributed by atoms with Crippen molar-refractivity contribution in [2.45, 2.75) is 20.1 Å². The van der Waals surface area contributed by atoms with E-state index in [1.807, 2.05) is 36.4 Å². The van der Waals surface area contributed by atoms with E-state index in [-0.39, 0.29) is 0 Å². The van der Waals surface area contributed by atoms with Crippen molar-refractivity contribution in [3.8, 4) is 0 Å². The fourth-order valence-electron chi connectivity index (χ4n) is 1.46. The van der Waals surface area contributed by atoms with E-state index in [0.717, 1.165) is 20.1 Å². The van der Waals surface area contributed by atoms with E-state index >= 15 is 0 Å². The van der Waals surface area contributed by atoms with E-state index < -0.39 is 0 Å². The minimum Gasteiger partial charge on any atom is -0.231 e. The lowest BCUT2D eigenvalue weighted by atomic mass is 10.4. The molecule has 2 heterocycles. The van der Waals surface area contributed by atoms with Gasteiger partial charge in [-0.25, -0.2) is 19.9 Å². The summed E-state index contributed by atoms with van der Waals surface area (Å²) in [4.78, 5) is 19.0. The summed E-state index contributed by atoms with van der Waals surface area (Å²) >= 11 is 3.08. The zero-order valence-electron chi connectivity index (χ0n) is 10.4. The summed E-state index contributed by atoms with van der Waals surface area (Å²) in [5, 5.41) is 1.50. The number of hydrogen-bond acceptors (Lipinski definition) is 6. The van der Waals surface area contributed by atoms with Crippen molar-refractivity contribution < 1.29 is 0 Å². The molecule has 2 aromatic heterocycles. The average Bonchev–Trinajstić information content (AvgIpc) is 2.51. The van der Waals surface area contributed by atoms with Crippen LogP contribution in [0, 0.1) is 0 Å². The molecule has 3 aromatic rings. The molecule has 0 radical (unpaired) electrons. The van der Waals surface area contributed by atoms with Gasteiger partial charge in [-0.1, -0.05) is 0 Å². The van der Waals surface area contributed by atoms with Crippen LogP contribution in [0.3, 0.4) is 0 Å². The molecule has 0 atom stereocenters. The maximum absolute atomic E-state index is 4.19. The molecule has 3 rings (SSSR count). The first-order valence-corrected chi connectivity index (χ1v) is 7.53. The number of nitrogens with zero attached hydrogens (tertiary/aromatic N) is 4. The SMILES string of the molecule is c1cnc(Sc2ccc(Sc3ncccn3)cc2)nc1. The second-order valence-corrected chi connectivity index (χ2v) is 5.82. The van der Waals surface area contributed by atoms with Gasteiger partial charge < -0.3 is 0 Å². The Kier molecular flexibility index (Phi) is 4.25. The van der Waals surface area contributed by atoms with Gasteiger partial charge in [-0.3, -0.25) is 0 Å². The molecule has 0 amide bonds. The maximum atomic E-state index is 4.19. The third-order valence-electron chi connectivity index (χ3n) is 2.33. The van der Waals surface area contributed by atoms with E-state index in [1.165, 1.54) is 23.5 Å². The lowest BCUT2D eigenvalue weighted by Gasteiger charge is -2.02. The molecule has 0 aliphatic heterocycles. The van der Waals surface area contributed by atoms with Gasteiger partial charge in [0.1, 0.15) is 0 Å². The fraction of sp³-hybridized carbons (Fsp3) is 0. The Morgan fingerprint density at radius 2 is 0.900 bits per heavy atom. The smallest absolute Gasteiger partial charge is 0.192 e. The summed E-state index contributed by atoms with van der Waals surface area (Å²) in [6, 6.07) is 11.8. The molecule has 20 heavy (non-hydrogen) atoms. The molecule has 0 saturated carbocycles. The zero-order valence-corrected chi connectivity index (χ0v) is 12.0. The molecule has 0 aliphatic rings. The minimum atomic E-state index is 0.749. The summed E-state index contributed by atoms with van der Waals surface area (Å²) < 4.78 is 0. The van der Waals surface area contributed by atoms with Crippen LogP contribution in [0.2, 0.25) is 0 Å². The molecular weight excluding hydrogens is 288 g/mol. The van der Waals surface area contributed by atoms with Crippen LogP contribution in [-0.2, 0) is 0 Å². The number of aromatic nitrogens is 4. The molecule has 0 bridgehead atoms. The second kappa shape index (κ2) is 6.49. The van der Waals surface area contributed by atoms with Gasteiger partial charge in [-0.2, -0.15) is 0 Å². The molecular formula is C14H10N4S2. The number of benzene rings is 1. The monoisotopic (exact) mass is 298 g/mol. The van der Waals surface area contributed by atoms with Gasteiger partial charge in [0.05, 0.1) is 0 Å². The third kappa shape index (κ3) is 3.55. The van der Waals surface area contributed by atoms with Gasteiger partial charge in [0.2, 0.25) is 0 Å². The normalized spacial score (nSPS) is 10.4. The lowest BCUT2D eigenvalue weighted by molar-refractivity contribution is 0.965. The Morgan fingerprint density at radius 3 is 1.25 bits per heavy atom. The van der Waals surface area contributed by atoms with Crippen molar-refractivity contribution in [3.63, 3.8) is 0 Å². The van der Waals surface area contributed by atoms with E-state index in [9.17, 15) is 0 Å². The Labute approximate surface area is 125 Å². The van der Waals surface area contributed by atoms with Crippen LogP contribution in [0.5, 0.6) is 0 Å². The molecule has 0 saturated heterocycles. The van der Waals surface area contributed by atoms with Crippen molar-refractivity contribution >= 4 is 23.5 Å². The van der Waals surface area contributed by atoms with Gasteiger partial charge >= 0.3 is 0 Å². The Bertz CT molecular complexity index is 599. The third-order valence-corrected chi connectivity index (χ3v) is 4.13. The first-order chi connectivity index (χ1) is 9.90. The molecule has 0 fully saturated rings. The highest BCUT2D eigenvalue weighted by Gasteiger charge is 2.02. The topological polar surface area (TPSA) is 51.6 Å². The summed E-state index contributed by atoms with van der Waals surface area (Å²) in [6.07, 6.45) is 6.97. The first kappa shape index (κ1) is 13.1. The predicted molar refractivity (Wildman–Crippen MR) is 78.8 cm³/mol. The molecule has 0 unspecified atom stereocenters. The van der Waals surface area contributed by atoms with E-state index in [2.05, 4.69) is 19.9 Å². The minimum absolute atomic E-state index is 0.749. The molecule has 4 nitrogen and oxygen atoms in total. The molecule has 1 aromatic carbocycles. The Balaban J connectivity index is 1.69. The van der Waals surface area contributed by atoms with E-state index in [0.29, 0.717) is 0 Å². The summed E-state index contributed by atoms with van der Waals surface area (Å²) in [7, 11) is 0. The molecule has 0 N–H and O–H groups in total. The maximum Gasteiger partial charge on any atom is 0.192 e. The fourth-order valence-corrected chi connectivity index (χ4v) is 2.88. The highest BCUT2D eigenvalue weighted by Crippen LogP contribution is 2.29. The van der Waals surface area contributed by atoms with Crippen LogP contribution in [0.15, 0.2) is 81.3 Å². The van der Waals surface area contributed by atoms with Gasteiger partial charge in [0.25, 0.3) is 0 Å². The van der Waals surface area contributed by atoms with Crippen LogP contribution in [0.25, 0.3) is 0 Å². The first-order valence-electron chi connectivity index (χ1n) is 5.90. The largest absolute Gasteiger partial charge is 0.231 e. The highest BCUT2D eigenvalue weighted by atomic mass is 32.2. The highest BCUT2D eigenvalue weighted by molar-refractivity contribution is 7.99. The Hall–Kier alpha value is -1.92. The lowest BCUT2D eigenvalue weighted by Crippen LogP contribution is -1.84. The molecule has 0 aliphatic carbocycles. The van der Waals surface area contributed by atoms with Crippen molar-refractivity contribution in [2.75, 3.05) is 0 Å². The van der Waals surface area contributed by atoms with E-state index in [4.69, 9.17) is 0 Å². The van der Waals surface area contributed by atoms with Crippen LogP contribution < -0.4 is 0 Å². The van der Waals surface area contributed by atoms with Gasteiger partial charge in [0.15, 0.2) is 10.3 Å². The molecule has 98 valence electrons. The Morgan fingerprint density at radius 1 is 0.550 bits per heavy atom. The quantitative estimate of drug-likeness (QED) is 0.686. The van der Waals surface area contributed by atoms with Crippen LogP contribution in [-0.4, -0.2) is 19.9 Å². The summed E-state index contributed by atoms with van der Waals surface area (Å²) in [6.45, 7) is 0. The number of hydrogen-bond donors (Lipinski definition) is 0. The van der Waals surface area contributed by atoms with E-state index in [1.54, 1.807) is 24.8 Å². The van der Waals surface area contributed by atoms with Crippen LogP contribution >= 0.6 is 23.5 Å². The standard InChI is InChI=1S/C14H10N4S2/c1-7-15-13(16-8-1)19-11-3-5-12(6-4-11)20-14-17-9-2-10-18-14/h1-10H. The zero-order chi connectivity index (χ0) is 13.6. The van der Waals surface area contributed by atoms with Gasteiger partial charge in [-0.15, -0.1) is 0 Å². The van der Waals surface area contributed by atoms with Crippen LogP contribution in [0.4, 0.5) is 0 Å². The van der Waals surface area contributed by atoms with Gasteiger partial charge in [0, 0.05) is 34.6 Å². The summed E-state index contributed by atoms with van der Waals surface area (Å²) in [5.41, 5.74) is 0. The predicted octanol–water partition coefficient (Wildman–Crippen LogP) is 3.57. The summed E-state index contributed by atoms with van der Waals surface area (Å²) in [5.74, 6) is 0. The molecule has 6 heteroatoms. The second-order valence-electron chi connectivity index (χ2n) is 3.74. The van der Waals surface area contributed by atoms with Gasteiger partial charge in [-0.05, 0) is 59.9 Å². The van der Waals surface area contributed by atoms with Crippen molar-refractivity contribution in [3.05, 3.63) is 61.2 Å². The average molecular weight is 298 g/mol. The molecule has 0 spiro atoms. The van der Waals surface area contributed by atoms with Crippen molar-refractivity contribution in [1.82, 2.24) is 19.9 Å². The van der Waals surface area contributed by atoms with Crippen molar-refractivity contribution in [2.24, 2.45) is 0 Å².